The predicted molar refractivity (Wildman–Crippen MR) is 195 cm³/mol. The van der Waals surface area contributed by atoms with Crippen LogP contribution in [0.5, 0.6) is 0 Å². The SMILES string of the molecule is C[Si](C)(C1C(c2ccccc2)=Cc2c(-c3ccccc3)cccc21)C1C(c2ccccc2)=Cc2c(-c3ccccc3)cccc21. The molecule has 6 aromatic rings. The molecule has 45 heavy (non-hydrogen) atoms. The van der Waals surface area contributed by atoms with Gasteiger partial charge in [-0.2, -0.15) is 0 Å². The summed E-state index contributed by atoms with van der Waals surface area (Å²) in [6, 6.07) is 58.0. The lowest BCUT2D eigenvalue weighted by Crippen LogP contribution is -2.42. The Bertz CT molecular complexity index is 1900. The first-order valence-electron chi connectivity index (χ1n) is 16.0. The minimum Gasteiger partial charge on any atom is -0.0679 e. The normalized spacial score (nSPS) is 16.9. The van der Waals surface area contributed by atoms with Crippen LogP contribution in [0, 0.1) is 0 Å². The molecule has 0 nitrogen and oxygen atoms in total. The Hall–Kier alpha value is -4.98. The topological polar surface area (TPSA) is 0 Å². The highest BCUT2D eigenvalue weighted by Gasteiger charge is 2.49. The zero-order valence-corrected chi connectivity index (χ0v) is 26.8. The number of hydrogen-bond acceptors (Lipinski definition) is 0. The van der Waals surface area contributed by atoms with Crippen molar-refractivity contribution >= 4 is 31.4 Å². The Morgan fingerprint density at radius 1 is 0.356 bits per heavy atom. The fourth-order valence-corrected chi connectivity index (χ4v) is 12.6. The lowest BCUT2D eigenvalue weighted by Gasteiger charge is -2.40. The van der Waals surface area contributed by atoms with Crippen LogP contribution in [0.4, 0.5) is 0 Å². The molecule has 0 saturated heterocycles. The van der Waals surface area contributed by atoms with Crippen LogP contribution in [-0.2, 0) is 0 Å². The molecule has 0 radical (unpaired) electrons. The molecule has 0 N–H and O–H groups in total. The molecular formula is C44H36Si. The van der Waals surface area contributed by atoms with Crippen molar-refractivity contribution in [1.82, 2.24) is 0 Å². The Morgan fingerprint density at radius 3 is 1.04 bits per heavy atom. The molecule has 0 aromatic heterocycles. The smallest absolute Gasteiger partial charge is 0.0679 e. The second kappa shape index (κ2) is 11.2. The average Bonchev–Trinajstić information content (AvgIpc) is 3.71. The lowest BCUT2D eigenvalue weighted by molar-refractivity contribution is 1.07. The van der Waals surface area contributed by atoms with E-state index in [1.54, 1.807) is 0 Å². The third kappa shape index (κ3) is 4.67. The van der Waals surface area contributed by atoms with Gasteiger partial charge in [0.2, 0.25) is 0 Å². The Kier molecular flexibility index (Phi) is 6.85. The van der Waals surface area contributed by atoms with E-state index in [0.717, 1.165) is 0 Å². The van der Waals surface area contributed by atoms with Gasteiger partial charge in [-0.1, -0.05) is 171 Å². The highest BCUT2D eigenvalue weighted by molar-refractivity contribution is 6.84. The minimum atomic E-state index is -2.22. The van der Waals surface area contributed by atoms with Crippen molar-refractivity contribution in [2.45, 2.75) is 24.2 Å². The standard InChI is InChI=1S/C44H36Si/c1-45(2,43-37-27-15-25-35(31-17-7-3-8-18-31)41(37)29-39(43)33-21-11-5-12-22-33)44-38-28-16-26-36(32-19-9-4-10-20-32)42(38)30-40(44)34-23-13-6-14-24-34/h3-30,43-44H,1-2H3. The highest BCUT2D eigenvalue weighted by Crippen LogP contribution is 2.58. The zero-order chi connectivity index (χ0) is 30.4. The fourth-order valence-electron chi connectivity index (χ4n) is 8.07. The first-order valence-corrected chi connectivity index (χ1v) is 19.2. The Labute approximate surface area is 268 Å². The summed E-state index contributed by atoms with van der Waals surface area (Å²) >= 11 is 0. The quantitative estimate of drug-likeness (QED) is 0.169. The molecule has 0 amide bonds. The Morgan fingerprint density at radius 2 is 0.689 bits per heavy atom. The molecule has 2 aliphatic carbocycles. The largest absolute Gasteiger partial charge is 0.0731 e. The van der Waals surface area contributed by atoms with Crippen LogP contribution >= 0.6 is 0 Å². The van der Waals surface area contributed by atoms with E-state index in [4.69, 9.17) is 0 Å². The average molecular weight is 593 g/mol. The van der Waals surface area contributed by atoms with E-state index in [-0.39, 0.29) is 0 Å². The van der Waals surface area contributed by atoms with Crippen molar-refractivity contribution in [3.05, 3.63) is 191 Å². The molecule has 0 fully saturated rings. The van der Waals surface area contributed by atoms with Gasteiger partial charge in [0.05, 0.1) is 8.07 Å². The summed E-state index contributed by atoms with van der Waals surface area (Å²) in [5, 5.41) is 0. The van der Waals surface area contributed by atoms with Crippen LogP contribution in [0.15, 0.2) is 158 Å². The van der Waals surface area contributed by atoms with E-state index in [2.05, 4.69) is 183 Å². The summed E-state index contributed by atoms with van der Waals surface area (Å²) in [5.74, 6) is 0. The van der Waals surface area contributed by atoms with Crippen molar-refractivity contribution in [1.29, 1.82) is 0 Å². The number of allylic oxidation sites excluding steroid dienone is 2. The van der Waals surface area contributed by atoms with Gasteiger partial charge in [-0.15, -0.1) is 0 Å². The van der Waals surface area contributed by atoms with E-state index in [0.29, 0.717) is 11.1 Å². The molecule has 1 heteroatoms. The van der Waals surface area contributed by atoms with Gasteiger partial charge < -0.3 is 0 Å². The van der Waals surface area contributed by atoms with Crippen LogP contribution < -0.4 is 0 Å². The molecule has 2 atom stereocenters. The summed E-state index contributed by atoms with van der Waals surface area (Å²) in [6.07, 6.45) is 5.04. The van der Waals surface area contributed by atoms with Gasteiger partial charge in [-0.3, -0.25) is 0 Å². The van der Waals surface area contributed by atoms with Gasteiger partial charge >= 0.3 is 0 Å². The number of benzene rings is 6. The zero-order valence-electron chi connectivity index (χ0n) is 25.8. The third-order valence-electron chi connectivity index (χ3n) is 10.00. The first-order chi connectivity index (χ1) is 22.1. The van der Waals surface area contributed by atoms with Crippen molar-refractivity contribution in [3.8, 4) is 22.3 Å². The van der Waals surface area contributed by atoms with Gasteiger partial charge in [0, 0.05) is 11.1 Å². The summed E-state index contributed by atoms with van der Waals surface area (Å²) in [5.41, 5.74) is 17.2. The number of fused-ring (bicyclic) bond motifs is 2. The molecule has 0 aliphatic heterocycles. The molecule has 6 aromatic carbocycles. The maximum atomic E-state index is 2.64. The molecule has 2 unspecified atom stereocenters. The van der Waals surface area contributed by atoms with Crippen molar-refractivity contribution in [3.63, 3.8) is 0 Å². The summed E-state index contributed by atoms with van der Waals surface area (Å²) in [6.45, 7) is 5.29. The first kappa shape index (κ1) is 27.6. The van der Waals surface area contributed by atoms with Crippen molar-refractivity contribution < 1.29 is 0 Å². The molecule has 0 bridgehead atoms. The van der Waals surface area contributed by atoms with Crippen LogP contribution in [0.1, 0.15) is 44.5 Å². The van der Waals surface area contributed by atoms with Crippen LogP contribution in [-0.4, -0.2) is 8.07 Å². The monoisotopic (exact) mass is 592 g/mol. The third-order valence-corrected chi connectivity index (χ3v) is 14.2. The highest BCUT2D eigenvalue weighted by atomic mass is 28.3. The van der Waals surface area contributed by atoms with Crippen LogP contribution in [0.2, 0.25) is 13.1 Å². The maximum absolute atomic E-state index is 2.64. The van der Waals surface area contributed by atoms with Gasteiger partial charge in [-0.05, 0) is 78.9 Å². The van der Waals surface area contributed by atoms with E-state index < -0.39 is 8.07 Å². The van der Waals surface area contributed by atoms with Gasteiger partial charge in [-0.25, -0.2) is 0 Å². The second-order valence-electron chi connectivity index (χ2n) is 13.0. The van der Waals surface area contributed by atoms with Crippen molar-refractivity contribution in [2.75, 3.05) is 0 Å². The molecule has 0 saturated carbocycles. The maximum Gasteiger partial charge on any atom is 0.0731 e. The van der Waals surface area contributed by atoms with Crippen LogP contribution in [0.3, 0.4) is 0 Å². The summed E-state index contributed by atoms with van der Waals surface area (Å²) in [4.78, 5) is 0. The molecule has 216 valence electrons. The molecule has 8 rings (SSSR count). The molecular weight excluding hydrogens is 557 g/mol. The van der Waals surface area contributed by atoms with Gasteiger partial charge in [0.25, 0.3) is 0 Å². The Balaban J connectivity index is 1.35. The predicted octanol–water partition coefficient (Wildman–Crippen LogP) is 11.8. The van der Waals surface area contributed by atoms with E-state index in [1.165, 1.54) is 66.8 Å². The van der Waals surface area contributed by atoms with E-state index in [9.17, 15) is 0 Å². The summed E-state index contributed by atoms with van der Waals surface area (Å²) < 4.78 is 0. The van der Waals surface area contributed by atoms with Crippen molar-refractivity contribution in [2.24, 2.45) is 0 Å². The van der Waals surface area contributed by atoms with Crippen LogP contribution in [0.25, 0.3) is 45.6 Å². The van der Waals surface area contributed by atoms with E-state index in [1.807, 2.05) is 0 Å². The van der Waals surface area contributed by atoms with E-state index >= 15 is 0 Å². The number of rotatable bonds is 6. The molecule has 2 aliphatic rings. The van der Waals surface area contributed by atoms with Gasteiger partial charge in [0.15, 0.2) is 0 Å². The second-order valence-corrected chi connectivity index (χ2v) is 17.8. The number of hydrogen-bond donors (Lipinski definition) is 0. The fraction of sp³-hybridized carbons (Fsp3) is 0.0909. The summed E-state index contributed by atoms with van der Waals surface area (Å²) in [7, 11) is -2.22. The molecule has 0 spiro atoms. The minimum absolute atomic E-state index is 0.335. The van der Waals surface area contributed by atoms with Gasteiger partial charge in [0.1, 0.15) is 0 Å². The molecule has 0 heterocycles. The lowest BCUT2D eigenvalue weighted by atomic mass is 9.97.